The van der Waals surface area contributed by atoms with Gasteiger partial charge in [-0.3, -0.25) is 4.98 Å². The molecule has 17 heavy (non-hydrogen) atoms. The number of rotatable bonds is 5. The van der Waals surface area contributed by atoms with Crippen LogP contribution in [0.1, 0.15) is 13.3 Å². The van der Waals surface area contributed by atoms with Crippen molar-refractivity contribution in [3.63, 3.8) is 0 Å². The molecule has 0 radical (unpaired) electrons. The van der Waals surface area contributed by atoms with Crippen molar-refractivity contribution in [2.24, 2.45) is 0 Å². The number of para-hydroxylation sites is 1. The summed E-state index contributed by atoms with van der Waals surface area (Å²) >= 11 is 1.91. The van der Waals surface area contributed by atoms with Crippen LogP contribution >= 0.6 is 11.8 Å². The van der Waals surface area contributed by atoms with Gasteiger partial charge in [-0.1, -0.05) is 25.1 Å². The van der Waals surface area contributed by atoms with Gasteiger partial charge >= 0.3 is 0 Å². The minimum absolute atomic E-state index is 0.704. The van der Waals surface area contributed by atoms with E-state index in [2.05, 4.69) is 35.6 Å². The van der Waals surface area contributed by atoms with E-state index in [0.717, 1.165) is 12.1 Å². The second kappa shape index (κ2) is 5.92. The van der Waals surface area contributed by atoms with Gasteiger partial charge in [-0.15, -0.1) is 0 Å². The minimum Gasteiger partial charge on any atom is -0.384 e. The van der Waals surface area contributed by atoms with Crippen LogP contribution in [0.15, 0.2) is 36.5 Å². The first-order valence-electron chi connectivity index (χ1n) is 5.91. The van der Waals surface area contributed by atoms with Gasteiger partial charge in [-0.2, -0.15) is 11.8 Å². The highest BCUT2D eigenvalue weighted by Gasteiger charge is 2.02. The number of thioether (sulfide) groups is 1. The maximum atomic E-state index is 4.36. The number of aromatic nitrogens is 1. The van der Waals surface area contributed by atoms with E-state index in [1.165, 1.54) is 17.5 Å². The molecule has 1 aromatic carbocycles. The Kier molecular flexibility index (Phi) is 4.26. The summed E-state index contributed by atoms with van der Waals surface area (Å²) in [6.07, 6.45) is 5.20. The predicted octanol–water partition coefficient (Wildman–Crippen LogP) is 3.79. The fourth-order valence-corrected chi connectivity index (χ4v) is 2.13. The van der Waals surface area contributed by atoms with Crippen molar-refractivity contribution < 1.29 is 0 Å². The smallest absolute Gasteiger partial charge is 0.0722 e. The fraction of sp³-hybridized carbons (Fsp3) is 0.357. The fourth-order valence-electron chi connectivity index (χ4n) is 1.78. The van der Waals surface area contributed by atoms with Gasteiger partial charge in [0, 0.05) is 29.1 Å². The Bertz CT molecular complexity index is 479. The van der Waals surface area contributed by atoms with Gasteiger partial charge in [0.15, 0.2) is 0 Å². The topological polar surface area (TPSA) is 24.9 Å². The van der Waals surface area contributed by atoms with E-state index in [1.54, 1.807) is 0 Å². The van der Waals surface area contributed by atoms with Crippen LogP contribution in [0, 0.1) is 0 Å². The number of fused-ring (bicyclic) bond motifs is 1. The van der Waals surface area contributed by atoms with E-state index in [-0.39, 0.29) is 0 Å². The molecule has 0 aliphatic heterocycles. The number of hydrogen-bond donors (Lipinski definition) is 1. The molecule has 1 aromatic heterocycles. The normalized spacial score (nSPS) is 12.6. The molecular formula is C14H18N2S. The van der Waals surface area contributed by atoms with Gasteiger partial charge in [-0.25, -0.2) is 0 Å². The molecule has 0 bridgehead atoms. The monoisotopic (exact) mass is 246 g/mol. The number of nitrogens with one attached hydrogen (secondary N) is 1. The molecule has 2 aromatic rings. The molecule has 1 N–H and O–H groups in total. The quantitative estimate of drug-likeness (QED) is 0.869. The molecule has 0 aliphatic rings. The van der Waals surface area contributed by atoms with Crippen LogP contribution in [0.25, 0.3) is 10.9 Å². The van der Waals surface area contributed by atoms with Crippen LogP contribution in [0.2, 0.25) is 0 Å². The molecule has 0 fully saturated rings. The van der Waals surface area contributed by atoms with Gasteiger partial charge in [0.2, 0.25) is 0 Å². The summed E-state index contributed by atoms with van der Waals surface area (Å²) in [5.74, 6) is 0. The molecule has 1 unspecified atom stereocenters. The van der Waals surface area contributed by atoms with Crippen molar-refractivity contribution in [3.05, 3.63) is 36.5 Å². The molecule has 0 aliphatic carbocycles. The lowest BCUT2D eigenvalue weighted by molar-refractivity contribution is 0.854. The Morgan fingerprint density at radius 3 is 2.94 bits per heavy atom. The molecule has 90 valence electrons. The lowest BCUT2D eigenvalue weighted by atomic mass is 10.2. The summed E-state index contributed by atoms with van der Waals surface area (Å²) in [7, 11) is 0. The zero-order valence-electron chi connectivity index (χ0n) is 10.3. The lowest BCUT2D eigenvalue weighted by Crippen LogP contribution is -2.08. The highest BCUT2D eigenvalue weighted by Crippen LogP contribution is 2.21. The lowest BCUT2D eigenvalue weighted by Gasteiger charge is -2.11. The van der Waals surface area contributed by atoms with Gasteiger partial charge in [0.25, 0.3) is 0 Å². The molecule has 3 heteroatoms. The maximum absolute atomic E-state index is 4.36. The van der Waals surface area contributed by atoms with E-state index in [0.29, 0.717) is 5.25 Å². The van der Waals surface area contributed by atoms with E-state index < -0.39 is 0 Å². The molecular weight excluding hydrogens is 228 g/mol. The summed E-state index contributed by atoms with van der Waals surface area (Å²) < 4.78 is 0. The molecule has 1 heterocycles. The molecule has 2 rings (SSSR count). The number of hydrogen-bond acceptors (Lipinski definition) is 3. The van der Waals surface area contributed by atoms with Crippen LogP contribution in [0.3, 0.4) is 0 Å². The van der Waals surface area contributed by atoms with Crippen molar-refractivity contribution >= 4 is 28.4 Å². The SMILES string of the molecule is CSC(C)CCNc1ccnc2ccccc12. The Labute approximate surface area is 107 Å². The Morgan fingerprint density at radius 1 is 1.29 bits per heavy atom. The van der Waals surface area contributed by atoms with Crippen LogP contribution in [-0.4, -0.2) is 23.0 Å². The Hall–Kier alpha value is -1.22. The third kappa shape index (κ3) is 3.13. The van der Waals surface area contributed by atoms with Crippen molar-refractivity contribution in [2.75, 3.05) is 18.1 Å². The van der Waals surface area contributed by atoms with Crippen LogP contribution in [0.5, 0.6) is 0 Å². The van der Waals surface area contributed by atoms with Crippen LogP contribution < -0.4 is 5.32 Å². The summed E-state index contributed by atoms with van der Waals surface area (Å²) in [5, 5.41) is 5.40. The zero-order chi connectivity index (χ0) is 12.1. The van der Waals surface area contributed by atoms with Gasteiger partial charge < -0.3 is 5.32 Å². The molecule has 0 amide bonds. The first-order chi connectivity index (χ1) is 8.31. The first kappa shape index (κ1) is 12.2. The summed E-state index contributed by atoms with van der Waals surface area (Å²) in [6.45, 7) is 3.27. The summed E-state index contributed by atoms with van der Waals surface area (Å²) in [5.41, 5.74) is 2.24. The Balaban J connectivity index is 2.08. The van der Waals surface area contributed by atoms with Crippen molar-refractivity contribution in [3.8, 4) is 0 Å². The van der Waals surface area contributed by atoms with E-state index in [1.807, 2.05) is 36.2 Å². The van der Waals surface area contributed by atoms with Gasteiger partial charge in [-0.05, 0) is 24.8 Å². The average molecular weight is 246 g/mol. The molecule has 1 atom stereocenters. The largest absolute Gasteiger partial charge is 0.384 e. The minimum atomic E-state index is 0.704. The maximum Gasteiger partial charge on any atom is 0.0722 e. The third-order valence-electron chi connectivity index (χ3n) is 2.92. The third-order valence-corrected chi connectivity index (χ3v) is 3.96. The summed E-state index contributed by atoms with van der Waals surface area (Å²) in [4.78, 5) is 4.36. The predicted molar refractivity (Wildman–Crippen MR) is 77.8 cm³/mol. The van der Waals surface area contributed by atoms with E-state index in [9.17, 15) is 0 Å². The van der Waals surface area contributed by atoms with E-state index in [4.69, 9.17) is 0 Å². The number of pyridine rings is 1. The van der Waals surface area contributed by atoms with Crippen molar-refractivity contribution in [1.29, 1.82) is 0 Å². The molecule has 0 saturated heterocycles. The second-order valence-corrected chi connectivity index (χ2v) is 5.41. The zero-order valence-corrected chi connectivity index (χ0v) is 11.1. The second-order valence-electron chi connectivity index (χ2n) is 4.14. The molecule has 0 saturated carbocycles. The van der Waals surface area contributed by atoms with Gasteiger partial charge in [0.05, 0.1) is 5.52 Å². The average Bonchev–Trinajstić information content (AvgIpc) is 2.39. The molecule has 0 spiro atoms. The number of anilines is 1. The first-order valence-corrected chi connectivity index (χ1v) is 7.20. The summed E-state index contributed by atoms with van der Waals surface area (Å²) in [6, 6.07) is 10.3. The highest BCUT2D eigenvalue weighted by atomic mass is 32.2. The highest BCUT2D eigenvalue weighted by molar-refractivity contribution is 7.99. The van der Waals surface area contributed by atoms with E-state index >= 15 is 0 Å². The number of benzene rings is 1. The molecule has 2 nitrogen and oxygen atoms in total. The van der Waals surface area contributed by atoms with Crippen LogP contribution in [0.4, 0.5) is 5.69 Å². The number of nitrogens with zero attached hydrogens (tertiary/aromatic N) is 1. The Morgan fingerprint density at radius 2 is 2.12 bits per heavy atom. The van der Waals surface area contributed by atoms with Crippen molar-refractivity contribution in [1.82, 2.24) is 4.98 Å². The van der Waals surface area contributed by atoms with Crippen molar-refractivity contribution in [2.45, 2.75) is 18.6 Å². The standard InChI is InChI=1S/C14H18N2S/c1-11(17-2)7-9-15-14-8-10-16-13-6-4-3-5-12(13)14/h3-6,8,10-11H,7,9H2,1-2H3,(H,15,16). The van der Waals surface area contributed by atoms with Gasteiger partial charge in [0.1, 0.15) is 0 Å². The van der Waals surface area contributed by atoms with Crippen LogP contribution in [-0.2, 0) is 0 Å².